The van der Waals surface area contributed by atoms with Crippen molar-refractivity contribution >= 4 is 5.97 Å². The molecule has 0 aliphatic rings. The minimum Gasteiger partial charge on any atom is -0.464 e. The molecule has 0 bridgehead atoms. The van der Waals surface area contributed by atoms with Gasteiger partial charge in [-0.25, -0.2) is 4.79 Å². The highest BCUT2D eigenvalue weighted by Crippen LogP contribution is 2.17. The SMILES string of the molecule is CCOC(=O)COCCC(C)c1ccccc1. The monoisotopic (exact) mass is 236 g/mol. The second-order valence-corrected chi connectivity index (χ2v) is 3.96. The number of esters is 1. The number of benzene rings is 1. The first kappa shape index (κ1) is 13.7. The summed E-state index contributed by atoms with van der Waals surface area (Å²) in [7, 11) is 0. The Morgan fingerprint density at radius 1 is 1.29 bits per heavy atom. The van der Waals surface area contributed by atoms with Gasteiger partial charge in [-0.2, -0.15) is 0 Å². The van der Waals surface area contributed by atoms with Crippen LogP contribution in [0, 0.1) is 0 Å². The molecule has 0 saturated carbocycles. The minimum absolute atomic E-state index is 0.0509. The standard InChI is InChI=1S/C14H20O3/c1-3-17-14(15)11-16-10-9-12(2)13-7-5-4-6-8-13/h4-8,12H,3,9-11H2,1-2H3. The largest absolute Gasteiger partial charge is 0.464 e. The minimum atomic E-state index is -0.292. The Balaban J connectivity index is 2.17. The summed E-state index contributed by atoms with van der Waals surface area (Å²) in [6.07, 6.45) is 0.906. The molecule has 0 N–H and O–H groups in total. The van der Waals surface area contributed by atoms with Crippen LogP contribution in [0.25, 0.3) is 0 Å². The van der Waals surface area contributed by atoms with Gasteiger partial charge in [-0.05, 0) is 24.8 Å². The van der Waals surface area contributed by atoms with Crippen molar-refractivity contribution in [2.75, 3.05) is 19.8 Å². The highest BCUT2D eigenvalue weighted by atomic mass is 16.6. The zero-order chi connectivity index (χ0) is 12.5. The maximum Gasteiger partial charge on any atom is 0.332 e. The second kappa shape index (κ2) is 7.85. The van der Waals surface area contributed by atoms with Gasteiger partial charge in [0, 0.05) is 6.61 Å². The van der Waals surface area contributed by atoms with Crippen LogP contribution in [0.3, 0.4) is 0 Å². The van der Waals surface area contributed by atoms with Crippen LogP contribution in [0.1, 0.15) is 31.7 Å². The molecule has 0 fully saturated rings. The van der Waals surface area contributed by atoms with E-state index < -0.39 is 0 Å². The molecule has 1 rings (SSSR count). The number of rotatable bonds is 7. The molecule has 3 nitrogen and oxygen atoms in total. The molecule has 0 aliphatic heterocycles. The summed E-state index contributed by atoms with van der Waals surface area (Å²) in [5, 5.41) is 0. The van der Waals surface area contributed by atoms with Crippen molar-refractivity contribution in [1.29, 1.82) is 0 Å². The number of hydrogen-bond acceptors (Lipinski definition) is 3. The summed E-state index contributed by atoms with van der Waals surface area (Å²) < 4.78 is 10.0. The molecule has 0 amide bonds. The maximum atomic E-state index is 11.0. The van der Waals surface area contributed by atoms with Crippen molar-refractivity contribution in [1.82, 2.24) is 0 Å². The predicted octanol–water partition coefficient (Wildman–Crippen LogP) is 2.76. The lowest BCUT2D eigenvalue weighted by Crippen LogP contribution is -2.13. The first-order chi connectivity index (χ1) is 8.24. The molecule has 1 atom stereocenters. The zero-order valence-electron chi connectivity index (χ0n) is 10.5. The average Bonchev–Trinajstić information content (AvgIpc) is 2.36. The Bertz CT molecular complexity index is 321. The van der Waals surface area contributed by atoms with Gasteiger partial charge < -0.3 is 9.47 Å². The van der Waals surface area contributed by atoms with Gasteiger partial charge in [0.25, 0.3) is 0 Å². The van der Waals surface area contributed by atoms with E-state index >= 15 is 0 Å². The van der Waals surface area contributed by atoms with E-state index in [1.807, 2.05) is 18.2 Å². The number of hydrogen-bond donors (Lipinski definition) is 0. The highest BCUT2D eigenvalue weighted by Gasteiger charge is 2.06. The smallest absolute Gasteiger partial charge is 0.332 e. The fourth-order valence-electron chi connectivity index (χ4n) is 1.57. The van der Waals surface area contributed by atoms with Gasteiger partial charge >= 0.3 is 5.97 Å². The van der Waals surface area contributed by atoms with Gasteiger partial charge in [-0.3, -0.25) is 0 Å². The van der Waals surface area contributed by atoms with Gasteiger partial charge in [-0.1, -0.05) is 37.3 Å². The zero-order valence-corrected chi connectivity index (χ0v) is 10.5. The van der Waals surface area contributed by atoms with Crippen molar-refractivity contribution in [2.45, 2.75) is 26.2 Å². The quantitative estimate of drug-likeness (QED) is 0.539. The lowest BCUT2D eigenvalue weighted by Gasteiger charge is -2.11. The third-order valence-corrected chi connectivity index (χ3v) is 2.59. The first-order valence-electron chi connectivity index (χ1n) is 6.02. The van der Waals surface area contributed by atoms with Gasteiger partial charge in [-0.15, -0.1) is 0 Å². The van der Waals surface area contributed by atoms with Crippen LogP contribution in [-0.4, -0.2) is 25.8 Å². The second-order valence-electron chi connectivity index (χ2n) is 3.96. The van der Waals surface area contributed by atoms with E-state index in [-0.39, 0.29) is 12.6 Å². The topological polar surface area (TPSA) is 35.5 Å². The fraction of sp³-hybridized carbons (Fsp3) is 0.500. The maximum absolute atomic E-state index is 11.0. The molecule has 0 saturated heterocycles. The van der Waals surface area contributed by atoms with Crippen LogP contribution >= 0.6 is 0 Å². The molecular weight excluding hydrogens is 216 g/mol. The summed E-state index contributed by atoms with van der Waals surface area (Å²) in [6.45, 7) is 4.98. The van der Waals surface area contributed by atoms with Crippen LogP contribution in [0.2, 0.25) is 0 Å². The first-order valence-corrected chi connectivity index (χ1v) is 6.02. The van der Waals surface area contributed by atoms with Crippen LogP contribution in [0.5, 0.6) is 0 Å². The molecule has 1 aromatic rings. The van der Waals surface area contributed by atoms with Gasteiger partial charge in [0.05, 0.1) is 6.61 Å². The van der Waals surface area contributed by atoms with E-state index in [4.69, 9.17) is 9.47 Å². The van der Waals surface area contributed by atoms with Crippen LogP contribution in [0.15, 0.2) is 30.3 Å². The van der Waals surface area contributed by atoms with Crippen LogP contribution in [-0.2, 0) is 14.3 Å². The summed E-state index contributed by atoms with van der Waals surface area (Å²) in [5.74, 6) is 0.151. The molecular formula is C14H20O3. The Morgan fingerprint density at radius 3 is 2.65 bits per heavy atom. The van der Waals surface area contributed by atoms with Crippen molar-refractivity contribution in [3.05, 3.63) is 35.9 Å². The van der Waals surface area contributed by atoms with E-state index in [1.165, 1.54) is 5.56 Å². The third-order valence-electron chi connectivity index (χ3n) is 2.59. The molecule has 0 aliphatic carbocycles. The number of carbonyl (C=O) groups is 1. The summed E-state index contributed by atoms with van der Waals surface area (Å²) in [5.41, 5.74) is 1.30. The van der Waals surface area contributed by atoms with Crippen LogP contribution < -0.4 is 0 Å². The Kier molecular flexibility index (Phi) is 6.33. The summed E-state index contributed by atoms with van der Waals surface area (Å²) in [4.78, 5) is 11.0. The third kappa shape index (κ3) is 5.50. The molecule has 0 heterocycles. The molecule has 1 aromatic carbocycles. The average molecular weight is 236 g/mol. The molecule has 0 spiro atoms. The molecule has 94 valence electrons. The number of ether oxygens (including phenoxy) is 2. The van der Waals surface area contributed by atoms with Gasteiger partial charge in [0.1, 0.15) is 6.61 Å². The molecule has 3 heteroatoms. The van der Waals surface area contributed by atoms with E-state index in [2.05, 4.69) is 19.1 Å². The highest BCUT2D eigenvalue weighted by molar-refractivity contribution is 5.70. The summed E-state index contributed by atoms with van der Waals surface area (Å²) >= 11 is 0. The lowest BCUT2D eigenvalue weighted by molar-refractivity contribution is -0.148. The van der Waals surface area contributed by atoms with E-state index in [9.17, 15) is 4.79 Å². The van der Waals surface area contributed by atoms with Gasteiger partial charge in [0.2, 0.25) is 0 Å². The van der Waals surface area contributed by atoms with Gasteiger partial charge in [0.15, 0.2) is 0 Å². The van der Waals surface area contributed by atoms with Crippen molar-refractivity contribution in [3.8, 4) is 0 Å². The molecule has 0 radical (unpaired) electrons. The van der Waals surface area contributed by atoms with E-state index in [1.54, 1.807) is 6.92 Å². The van der Waals surface area contributed by atoms with E-state index in [0.29, 0.717) is 19.1 Å². The van der Waals surface area contributed by atoms with Crippen molar-refractivity contribution in [3.63, 3.8) is 0 Å². The van der Waals surface area contributed by atoms with Crippen molar-refractivity contribution < 1.29 is 14.3 Å². The predicted molar refractivity (Wildman–Crippen MR) is 66.9 cm³/mol. The Morgan fingerprint density at radius 2 is 2.00 bits per heavy atom. The van der Waals surface area contributed by atoms with Crippen molar-refractivity contribution in [2.24, 2.45) is 0 Å². The van der Waals surface area contributed by atoms with Crippen LogP contribution in [0.4, 0.5) is 0 Å². The molecule has 1 unspecified atom stereocenters. The molecule has 0 aromatic heterocycles. The van der Waals surface area contributed by atoms with E-state index in [0.717, 1.165) is 6.42 Å². The Hall–Kier alpha value is -1.35. The molecule has 17 heavy (non-hydrogen) atoms. The summed E-state index contributed by atoms with van der Waals surface area (Å²) in [6, 6.07) is 10.3. The number of carbonyl (C=O) groups excluding carboxylic acids is 1. The Labute approximate surface area is 103 Å². The lowest BCUT2D eigenvalue weighted by atomic mass is 9.98. The fourth-order valence-corrected chi connectivity index (χ4v) is 1.57. The normalized spacial score (nSPS) is 12.1.